The highest BCUT2D eigenvalue weighted by atomic mass is 32.1. The van der Waals surface area contributed by atoms with Crippen LogP contribution in [0.3, 0.4) is 0 Å². The normalized spacial score (nSPS) is 15.4. The van der Waals surface area contributed by atoms with Crippen LogP contribution in [0.4, 0.5) is 4.39 Å². The predicted molar refractivity (Wildman–Crippen MR) is 126 cm³/mol. The second kappa shape index (κ2) is 10.1. The number of aliphatic carboxylic acids is 1. The number of halogens is 1. The quantitative estimate of drug-likeness (QED) is 0.504. The molecular formula is C25H21FN2O6S. The van der Waals surface area contributed by atoms with Crippen LogP contribution >= 0.6 is 11.3 Å². The third-order valence-corrected chi connectivity index (χ3v) is 6.23. The van der Waals surface area contributed by atoms with E-state index in [9.17, 15) is 18.8 Å². The summed E-state index contributed by atoms with van der Waals surface area (Å²) in [5, 5.41) is 8.73. The van der Waals surface area contributed by atoms with Gasteiger partial charge in [-0.1, -0.05) is 35.6 Å². The molecule has 2 aromatic carbocycles. The van der Waals surface area contributed by atoms with Gasteiger partial charge in [0.1, 0.15) is 11.6 Å². The first kappa shape index (κ1) is 24.1. The molecule has 0 spiro atoms. The zero-order valence-electron chi connectivity index (χ0n) is 18.9. The lowest BCUT2D eigenvalue weighted by atomic mass is 9.96. The molecule has 0 saturated carbocycles. The maximum absolute atomic E-state index is 13.6. The molecule has 4 rings (SSSR count). The molecule has 0 fully saturated rings. The molecule has 10 heteroatoms. The van der Waals surface area contributed by atoms with Gasteiger partial charge in [0.15, 0.2) is 11.4 Å². The second-order valence-corrected chi connectivity index (χ2v) is 8.61. The van der Waals surface area contributed by atoms with E-state index in [-0.39, 0.29) is 17.7 Å². The number of thiazole rings is 1. The molecule has 1 aliphatic heterocycles. The van der Waals surface area contributed by atoms with Crippen LogP contribution in [0.1, 0.15) is 31.0 Å². The number of carbonyl (C=O) groups is 2. The fourth-order valence-corrected chi connectivity index (χ4v) is 4.76. The molecule has 180 valence electrons. The number of benzene rings is 2. The number of aromatic nitrogens is 1. The van der Waals surface area contributed by atoms with Crippen LogP contribution in [-0.4, -0.2) is 34.8 Å². The Morgan fingerprint density at radius 3 is 2.49 bits per heavy atom. The van der Waals surface area contributed by atoms with Gasteiger partial charge in [0.2, 0.25) is 0 Å². The van der Waals surface area contributed by atoms with Crippen molar-refractivity contribution < 1.29 is 28.6 Å². The summed E-state index contributed by atoms with van der Waals surface area (Å²) in [5.41, 5.74) is 1.53. The van der Waals surface area contributed by atoms with E-state index >= 15 is 0 Å². The van der Waals surface area contributed by atoms with Crippen molar-refractivity contribution in [2.24, 2.45) is 4.99 Å². The number of nitrogens with zero attached hydrogens (tertiary/aromatic N) is 2. The van der Waals surface area contributed by atoms with Crippen LogP contribution in [0.15, 0.2) is 69.6 Å². The SMILES string of the molecule is CCOC(=O)C1=C(C)N=c2sc(=Cc3ccc(OCC(=O)O)cc3)c(=O)n2[C@@H]1c1ccc(F)cc1. The summed E-state index contributed by atoms with van der Waals surface area (Å²) in [7, 11) is 0. The zero-order chi connectivity index (χ0) is 25.1. The van der Waals surface area contributed by atoms with E-state index in [0.717, 1.165) is 0 Å². The second-order valence-electron chi connectivity index (χ2n) is 7.61. The Morgan fingerprint density at radius 1 is 1.17 bits per heavy atom. The Hall–Kier alpha value is -4.05. The van der Waals surface area contributed by atoms with E-state index in [1.807, 2.05) is 0 Å². The van der Waals surface area contributed by atoms with Gasteiger partial charge in [-0.25, -0.2) is 19.0 Å². The number of carbonyl (C=O) groups excluding carboxylic acids is 1. The number of hydrogen-bond acceptors (Lipinski definition) is 7. The maximum Gasteiger partial charge on any atom is 0.341 e. The van der Waals surface area contributed by atoms with Crippen molar-refractivity contribution in [3.63, 3.8) is 0 Å². The van der Waals surface area contributed by atoms with Gasteiger partial charge in [-0.05, 0) is 55.3 Å². The van der Waals surface area contributed by atoms with Crippen molar-refractivity contribution in [1.82, 2.24) is 4.57 Å². The first-order chi connectivity index (χ1) is 16.8. The average molecular weight is 497 g/mol. The monoisotopic (exact) mass is 496 g/mol. The molecule has 0 bridgehead atoms. The summed E-state index contributed by atoms with van der Waals surface area (Å²) in [6, 6.07) is 11.4. The molecule has 1 aliphatic rings. The lowest BCUT2D eigenvalue weighted by Crippen LogP contribution is -2.39. The lowest BCUT2D eigenvalue weighted by molar-refractivity contribution is -0.140. The fraction of sp³-hybridized carbons (Fsp3) is 0.200. The Kier molecular flexibility index (Phi) is 6.92. The largest absolute Gasteiger partial charge is 0.482 e. The minimum atomic E-state index is -1.08. The van der Waals surface area contributed by atoms with Gasteiger partial charge >= 0.3 is 11.9 Å². The highest BCUT2D eigenvalue weighted by molar-refractivity contribution is 7.07. The van der Waals surface area contributed by atoms with Crippen LogP contribution in [0.25, 0.3) is 6.08 Å². The molecule has 1 atom stereocenters. The number of ether oxygens (including phenoxy) is 2. The summed E-state index contributed by atoms with van der Waals surface area (Å²) in [6.45, 7) is 3.06. The molecule has 1 N–H and O–H groups in total. The maximum atomic E-state index is 13.6. The summed E-state index contributed by atoms with van der Waals surface area (Å²) in [4.78, 5) is 41.9. The summed E-state index contributed by atoms with van der Waals surface area (Å²) in [6.07, 6.45) is 1.68. The summed E-state index contributed by atoms with van der Waals surface area (Å²) in [5.74, 6) is -1.72. The van der Waals surface area contributed by atoms with E-state index in [4.69, 9.17) is 14.6 Å². The molecule has 2 heterocycles. The minimum absolute atomic E-state index is 0.155. The van der Waals surface area contributed by atoms with Gasteiger partial charge in [-0.3, -0.25) is 9.36 Å². The first-order valence-corrected chi connectivity index (χ1v) is 11.5. The van der Waals surface area contributed by atoms with Gasteiger partial charge in [-0.15, -0.1) is 0 Å². The number of fused-ring (bicyclic) bond motifs is 1. The molecular weight excluding hydrogens is 475 g/mol. The van der Waals surface area contributed by atoms with Crippen molar-refractivity contribution >= 4 is 29.4 Å². The van der Waals surface area contributed by atoms with E-state index in [1.165, 1.54) is 40.2 Å². The highest BCUT2D eigenvalue weighted by Crippen LogP contribution is 2.30. The summed E-state index contributed by atoms with van der Waals surface area (Å²) >= 11 is 1.17. The molecule has 0 saturated heterocycles. The Bertz CT molecular complexity index is 1490. The molecule has 8 nitrogen and oxygen atoms in total. The first-order valence-electron chi connectivity index (χ1n) is 10.7. The third kappa shape index (κ3) is 5.07. The molecule has 35 heavy (non-hydrogen) atoms. The number of rotatable bonds is 7. The lowest BCUT2D eigenvalue weighted by Gasteiger charge is -2.24. The van der Waals surface area contributed by atoms with E-state index < -0.39 is 30.4 Å². The summed E-state index contributed by atoms with van der Waals surface area (Å²) < 4.78 is 25.8. The third-order valence-electron chi connectivity index (χ3n) is 5.24. The van der Waals surface area contributed by atoms with E-state index in [2.05, 4.69) is 4.99 Å². The molecule has 0 radical (unpaired) electrons. The average Bonchev–Trinajstić information content (AvgIpc) is 3.12. The van der Waals surface area contributed by atoms with Gasteiger partial charge in [0, 0.05) is 0 Å². The number of hydrogen-bond donors (Lipinski definition) is 1. The van der Waals surface area contributed by atoms with Crippen LogP contribution in [-0.2, 0) is 14.3 Å². The molecule has 0 amide bonds. The van der Waals surface area contributed by atoms with Crippen molar-refractivity contribution in [2.45, 2.75) is 19.9 Å². The Labute approximate surface area is 202 Å². The molecule has 0 aliphatic carbocycles. The van der Waals surface area contributed by atoms with Crippen molar-refractivity contribution in [3.8, 4) is 5.75 Å². The van der Waals surface area contributed by atoms with Gasteiger partial charge in [0.05, 0.1) is 28.5 Å². The van der Waals surface area contributed by atoms with Gasteiger partial charge in [-0.2, -0.15) is 0 Å². The minimum Gasteiger partial charge on any atom is -0.482 e. The van der Waals surface area contributed by atoms with Gasteiger partial charge in [0.25, 0.3) is 5.56 Å². The van der Waals surface area contributed by atoms with Crippen molar-refractivity contribution in [2.75, 3.05) is 13.2 Å². The standard InChI is InChI=1S/C25H21FN2O6S/c1-3-33-24(32)21-14(2)27-25-28(22(21)16-6-8-17(26)9-7-16)23(31)19(35-25)12-15-4-10-18(11-5-15)34-13-20(29)30/h4-12,22H,3,13H2,1-2H3,(H,29,30)/t22-/m1/s1. The topological polar surface area (TPSA) is 107 Å². The molecule has 0 unspecified atom stereocenters. The smallest absolute Gasteiger partial charge is 0.341 e. The predicted octanol–water partition coefficient (Wildman–Crippen LogP) is 2.40. The van der Waals surface area contributed by atoms with Crippen molar-refractivity contribution in [1.29, 1.82) is 0 Å². The highest BCUT2D eigenvalue weighted by Gasteiger charge is 2.33. The Morgan fingerprint density at radius 2 is 1.86 bits per heavy atom. The van der Waals surface area contributed by atoms with Crippen LogP contribution in [0.2, 0.25) is 0 Å². The molecule has 3 aromatic rings. The zero-order valence-corrected chi connectivity index (χ0v) is 19.7. The molecule has 1 aromatic heterocycles. The van der Waals surface area contributed by atoms with Crippen LogP contribution in [0, 0.1) is 5.82 Å². The number of esters is 1. The number of allylic oxidation sites excluding steroid dienone is 1. The number of carboxylic acids is 1. The Balaban J connectivity index is 1.81. The number of carboxylic acid groups (broad SMARTS) is 1. The van der Waals surface area contributed by atoms with E-state index in [0.29, 0.717) is 31.9 Å². The van der Waals surface area contributed by atoms with Crippen LogP contribution in [0.5, 0.6) is 5.75 Å². The van der Waals surface area contributed by atoms with Crippen molar-refractivity contribution in [3.05, 3.63) is 96.4 Å². The van der Waals surface area contributed by atoms with Crippen LogP contribution < -0.4 is 19.6 Å². The van der Waals surface area contributed by atoms with E-state index in [1.54, 1.807) is 44.2 Å². The fourth-order valence-electron chi connectivity index (χ4n) is 3.71. The van der Waals surface area contributed by atoms with Gasteiger partial charge < -0.3 is 14.6 Å².